The first-order valence-corrected chi connectivity index (χ1v) is 7.82. The lowest BCUT2D eigenvalue weighted by atomic mass is 9.86. The van der Waals surface area contributed by atoms with Gasteiger partial charge < -0.3 is 5.11 Å². The van der Waals surface area contributed by atoms with E-state index in [1.54, 1.807) is 18.0 Å². The van der Waals surface area contributed by atoms with Gasteiger partial charge in [0.25, 0.3) is 0 Å². The molecule has 0 aromatic carbocycles. The molecule has 6 nitrogen and oxygen atoms in total. The lowest BCUT2D eigenvalue weighted by Gasteiger charge is -2.31. The van der Waals surface area contributed by atoms with E-state index in [1.165, 1.54) is 11.4 Å². The number of rotatable bonds is 5. The van der Waals surface area contributed by atoms with Crippen molar-refractivity contribution in [2.75, 3.05) is 5.75 Å². The van der Waals surface area contributed by atoms with Crippen molar-refractivity contribution in [1.82, 2.24) is 15.2 Å². The van der Waals surface area contributed by atoms with Gasteiger partial charge in [0.2, 0.25) is 5.28 Å². The fourth-order valence-electron chi connectivity index (χ4n) is 1.86. The summed E-state index contributed by atoms with van der Waals surface area (Å²) >= 11 is 7.34. The molecule has 2 rings (SSSR count). The maximum atomic E-state index is 8.80. The molecule has 1 saturated heterocycles. The quantitative estimate of drug-likeness (QED) is 0.384. The Kier molecular flexibility index (Phi) is 4.98. The monoisotopic (exact) mass is 331 g/mol. The highest BCUT2D eigenvalue weighted by Crippen LogP contribution is 2.41. The van der Waals surface area contributed by atoms with Crippen LogP contribution in [0.25, 0.3) is 0 Å². The van der Waals surface area contributed by atoms with Crippen LogP contribution < -0.4 is 0 Å². The summed E-state index contributed by atoms with van der Waals surface area (Å²) in [5.74, 6) is 0.785. The molecule has 0 spiro atoms. The minimum absolute atomic E-state index is 0.242. The summed E-state index contributed by atoms with van der Waals surface area (Å²) in [6, 6.07) is 1.82. The number of aliphatic hydroxyl groups excluding tert-OH is 1. The first-order chi connectivity index (χ1) is 9.86. The maximum absolute atomic E-state index is 8.80. The van der Waals surface area contributed by atoms with E-state index in [-0.39, 0.29) is 5.28 Å². The van der Waals surface area contributed by atoms with Crippen LogP contribution in [0.4, 0.5) is 0 Å². The summed E-state index contributed by atoms with van der Waals surface area (Å²) < 4.78 is 0. The molecule has 1 aliphatic rings. The summed E-state index contributed by atoms with van der Waals surface area (Å²) in [4.78, 5) is 19.4. The van der Waals surface area contributed by atoms with Crippen LogP contribution >= 0.6 is 23.4 Å². The van der Waals surface area contributed by atoms with Gasteiger partial charge in [-0.15, -0.1) is 17.0 Å². The maximum Gasteiger partial charge on any atom is 0.223 e. The van der Waals surface area contributed by atoms with Crippen LogP contribution in [0.2, 0.25) is 5.28 Å². The van der Waals surface area contributed by atoms with Crippen LogP contribution in [0.3, 0.4) is 0 Å². The van der Waals surface area contributed by atoms with Crippen molar-refractivity contribution < 1.29 is 14.8 Å². The molecule has 116 valence electrons. The Bertz CT molecular complexity index is 529. The van der Waals surface area contributed by atoms with Gasteiger partial charge in [-0.25, -0.2) is 19.6 Å². The number of aliphatic hydroxyl groups is 1. The van der Waals surface area contributed by atoms with Crippen LogP contribution in [0.15, 0.2) is 29.8 Å². The smallest absolute Gasteiger partial charge is 0.223 e. The van der Waals surface area contributed by atoms with Crippen LogP contribution in [-0.4, -0.2) is 37.3 Å². The van der Waals surface area contributed by atoms with Crippen molar-refractivity contribution in [3.63, 3.8) is 0 Å². The van der Waals surface area contributed by atoms with Crippen molar-refractivity contribution in [3.8, 4) is 0 Å². The first-order valence-electron chi connectivity index (χ1n) is 6.46. The van der Waals surface area contributed by atoms with Gasteiger partial charge in [-0.3, -0.25) is 0 Å². The zero-order valence-electron chi connectivity index (χ0n) is 12.1. The Labute approximate surface area is 133 Å². The van der Waals surface area contributed by atoms with E-state index in [9.17, 15) is 0 Å². The van der Waals surface area contributed by atoms with E-state index in [1.807, 2.05) is 26.8 Å². The molecule has 1 fully saturated rings. The number of hydrogen-bond acceptors (Lipinski definition) is 7. The summed E-state index contributed by atoms with van der Waals surface area (Å²) in [5, 5.41) is 11.1. The van der Waals surface area contributed by atoms with E-state index in [4.69, 9.17) is 26.4 Å². The number of hydroxylamine groups is 2. The van der Waals surface area contributed by atoms with Gasteiger partial charge in [-0.05, 0) is 44.9 Å². The fourth-order valence-corrected chi connectivity index (χ4v) is 3.07. The summed E-state index contributed by atoms with van der Waals surface area (Å²) in [7, 11) is 0. The predicted octanol–water partition coefficient (Wildman–Crippen LogP) is 3.36. The molecule has 0 saturated carbocycles. The third-order valence-corrected chi connectivity index (χ3v) is 4.61. The topological polar surface area (TPSA) is 67.7 Å². The average Bonchev–Trinajstić information content (AvgIpc) is 2.60. The standard InChI is InChI=1S/C13H18ClN3O3S/c1-12(2)13(3,20-17(19-12)7-8-18)5-9-21-10-4-6-15-11(14)16-10/h4,6-8,18H,5,9H2,1-3H3/b8-7+. The Morgan fingerprint density at radius 3 is 2.86 bits per heavy atom. The van der Waals surface area contributed by atoms with E-state index >= 15 is 0 Å². The Morgan fingerprint density at radius 1 is 1.43 bits per heavy atom. The van der Waals surface area contributed by atoms with Crippen LogP contribution in [0.1, 0.15) is 27.2 Å². The van der Waals surface area contributed by atoms with Gasteiger partial charge in [0.15, 0.2) is 0 Å². The molecule has 8 heteroatoms. The second kappa shape index (κ2) is 6.39. The van der Waals surface area contributed by atoms with Crippen LogP contribution in [-0.2, 0) is 9.68 Å². The summed E-state index contributed by atoms with van der Waals surface area (Å²) in [5.41, 5.74) is -1.03. The molecule has 1 unspecified atom stereocenters. The number of aromatic nitrogens is 2. The minimum atomic E-state index is -0.518. The molecule has 21 heavy (non-hydrogen) atoms. The van der Waals surface area contributed by atoms with E-state index in [0.717, 1.165) is 23.5 Å². The van der Waals surface area contributed by atoms with Crippen molar-refractivity contribution in [2.45, 2.75) is 43.4 Å². The third-order valence-electron chi connectivity index (χ3n) is 3.50. The molecule has 0 amide bonds. The molecule has 1 aromatic rings. The Balaban J connectivity index is 1.95. The lowest BCUT2D eigenvalue weighted by molar-refractivity contribution is -0.294. The second-order valence-electron chi connectivity index (χ2n) is 5.27. The second-order valence-corrected chi connectivity index (χ2v) is 6.72. The van der Waals surface area contributed by atoms with Gasteiger partial charge in [0, 0.05) is 11.9 Å². The normalized spacial score (nSPS) is 24.9. The molecule has 1 aliphatic heterocycles. The number of halogens is 1. The number of nitrogens with zero attached hydrogens (tertiary/aromatic N) is 3. The Hall–Kier alpha value is -1.02. The molecular weight excluding hydrogens is 314 g/mol. The van der Waals surface area contributed by atoms with Crippen molar-refractivity contribution in [2.24, 2.45) is 0 Å². The van der Waals surface area contributed by atoms with Crippen molar-refractivity contribution in [3.05, 3.63) is 30.0 Å². The zero-order valence-corrected chi connectivity index (χ0v) is 13.7. The van der Waals surface area contributed by atoms with E-state index in [2.05, 4.69) is 9.97 Å². The zero-order chi connectivity index (χ0) is 15.5. The van der Waals surface area contributed by atoms with Crippen molar-refractivity contribution >= 4 is 23.4 Å². The lowest BCUT2D eigenvalue weighted by Crippen LogP contribution is -2.45. The van der Waals surface area contributed by atoms with Gasteiger partial charge in [0.05, 0.1) is 6.20 Å². The van der Waals surface area contributed by atoms with Crippen molar-refractivity contribution in [1.29, 1.82) is 0 Å². The van der Waals surface area contributed by atoms with Crippen LogP contribution in [0.5, 0.6) is 0 Å². The third kappa shape index (κ3) is 3.79. The SMILES string of the molecule is CC1(C)ON(/C=C/O)OC1(C)CCSc1ccnc(Cl)n1. The molecule has 2 heterocycles. The van der Waals surface area contributed by atoms with Gasteiger partial charge >= 0.3 is 0 Å². The number of thioether (sulfide) groups is 1. The van der Waals surface area contributed by atoms with E-state index in [0.29, 0.717) is 0 Å². The van der Waals surface area contributed by atoms with Gasteiger partial charge in [-0.1, -0.05) is 0 Å². The molecule has 0 bridgehead atoms. The summed E-state index contributed by atoms with van der Waals surface area (Å²) in [6.07, 6.45) is 4.57. The highest BCUT2D eigenvalue weighted by atomic mass is 35.5. The van der Waals surface area contributed by atoms with Gasteiger partial charge in [-0.2, -0.15) is 0 Å². The fraction of sp³-hybridized carbons (Fsp3) is 0.538. The molecule has 0 radical (unpaired) electrons. The molecule has 1 N–H and O–H groups in total. The van der Waals surface area contributed by atoms with Crippen LogP contribution in [0, 0.1) is 0 Å². The Morgan fingerprint density at radius 2 is 2.19 bits per heavy atom. The highest BCUT2D eigenvalue weighted by Gasteiger charge is 2.52. The molecule has 1 aromatic heterocycles. The minimum Gasteiger partial charge on any atom is -0.514 e. The van der Waals surface area contributed by atoms with Gasteiger partial charge in [0.1, 0.15) is 22.5 Å². The predicted molar refractivity (Wildman–Crippen MR) is 80.6 cm³/mol. The highest BCUT2D eigenvalue weighted by molar-refractivity contribution is 7.99. The summed E-state index contributed by atoms with van der Waals surface area (Å²) in [6.45, 7) is 5.88. The molecular formula is C13H18ClN3O3S. The first kappa shape index (κ1) is 16.4. The molecule has 0 aliphatic carbocycles. The molecule has 1 atom stereocenters. The number of hydrogen-bond donors (Lipinski definition) is 1. The van der Waals surface area contributed by atoms with E-state index < -0.39 is 11.2 Å². The largest absolute Gasteiger partial charge is 0.514 e. The average molecular weight is 332 g/mol.